The van der Waals surface area contributed by atoms with Gasteiger partial charge in [0.2, 0.25) is 0 Å². The van der Waals surface area contributed by atoms with Crippen molar-refractivity contribution in [3.05, 3.63) is 71.3 Å². The summed E-state index contributed by atoms with van der Waals surface area (Å²) in [6.45, 7) is 2.40. The Morgan fingerprint density at radius 2 is 2.00 bits per heavy atom. The van der Waals surface area contributed by atoms with Crippen LogP contribution in [-0.2, 0) is 15.1 Å². The molecule has 2 heterocycles. The molecule has 3 unspecified atom stereocenters. The molecule has 31 heavy (non-hydrogen) atoms. The number of amides is 1. The summed E-state index contributed by atoms with van der Waals surface area (Å²) in [5, 5.41) is 14.7. The number of hydrogen-bond donors (Lipinski definition) is 2. The van der Waals surface area contributed by atoms with E-state index in [0.717, 1.165) is 11.5 Å². The summed E-state index contributed by atoms with van der Waals surface area (Å²) in [7, 11) is 1.46. The number of ether oxygens (including phenoxy) is 1. The predicted molar refractivity (Wildman–Crippen MR) is 122 cm³/mol. The molecular formula is C26H30N2O3. The first kappa shape index (κ1) is 20.4. The SMILES string of the molecule is COC1C(=O)Nc2ccc(C=CC3CCCN3CC3CC3)cc2C1(O)c1ccccc1. The van der Waals surface area contributed by atoms with Gasteiger partial charge in [0.15, 0.2) is 11.7 Å². The largest absolute Gasteiger partial charge is 0.377 e. The van der Waals surface area contributed by atoms with E-state index < -0.39 is 11.7 Å². The number of benzene rings is 2. The van der Waals surface area contributed by atoms with Crippen LogP contribution in [0.15, 0.2) is 54.6 Å². The van der Waals surface area contributed by atoms with Crippen LogP contribution >= 0.6 is 0 Å². The van der Waals surface area contributed by atoms with Crippen LogP contribution in [0.4, 0.5) is 5.69 Å². The molecule has 2 aliphatic heterocycles. The Kier molecular flexibility index (Phi) is 5.42. The topological polar surface area (TPSA) is 61.8 Å². The van der Waals surface area contributed by atoms with Crippen molar-refractivity contribution < 1.29 is 14.6 Å². The van der Waals surface area contributed by atoms with Crippen LogP contribution in [0.2, 0.25) is 0 Å². The smallest absolute Gasteiger partial charge is 0.257 e. The van der Waals surface area contributed by atoms with E-state index in [1.54, 1.807) is 0 Å². The Bertz CT molecular complexity index is 985. The van der Waals surface area contributed by atoms with Crippen LogP contribution < -0.4 is 5.32 Å². The third-order valence-electron chi connectivity index (χ3n) is 6.89. The highest BCUT2D eigenvalue weighted by Gasteiger charge is 2.49. The number of anilines is 1. The second-order valence-electron chi connectivity index (χ2n) is 9.05. The lowest BCUT2D eigenvalue weighted by molar-refractivity contribution is -0.142. The maximum absolute atomic E-state index is 12.7. The number of nitrogens with one attached hydrogen (secondary N) is 1. The predicted octanol–water partition coefficient (Wildman–Crippen LogP) is 3.78. The fraction of sp³-hybridized carbons (Fsp3) is 0.423. The van der Waals surface area contributed by atoms with Crippen molar-refractivity contribution in [3.8, 4) is 0 Å². The van der Waals surface area contributed by atoms with Crippen molar-refractivity contribution in [1.82, 2.24) is 4.90 Å². The molecule has 5 heteroatoms. The van der Waals surface area contributed by atoms with Gasteiger partial charge in [-0.2, -0.15) is 0 Å². The molecule has 1 aliphatic carbocycles. The van der Waals surface area contributed by atoms with Crippen LogP contribution in [0.3, 0.4) is 0 Å². The molecule has 1 saturated carbocycles. The quantitative estimate of drug-likeness (QED) is 0.750. The highest BCUT2D eigenvalue weighted by molar-refractivity contribution is 5.99. The van der Waals surface area contributed by atoms with Gasteiger partial charge in [-0.1, -0.05) is 48.6 Å². The molecule has 2 fully saturated rings. The normalized spacial score (nSPS) is 28.6. The average molecular weight is 419 g/mol. The number of hydrogen-bond acceptors (Lipinski definition) is 4. The molecule has 5 rings (SSSR count). The van der Waals surface area contributed by atoms with Crippen molar-refractivity contribution in [2.75, 3.05) is 25.5 Å². The van der Waals surface area contributed by atoms with Gasteiger partial charge in [-0.15, -0.1) is 0 Å². The van der Waals surface area contributed by atoms with Crippen LogP contribution in [0.1, 0.15) is 42.4 Å². The first-order valence-corrected chi connectivity index (χ1v) is 11.3. The standard InChI is InChI=1S/C26H30N2O3/c1-31-24-25(29)27-23-14-12-18(11-13-21-8-5-15-28(21)17-19-9-10-19)16-22(23)26(24,30)20-6-3-2-4-7-20/h2-4,6-7,11-14,16,19,21,24,30H,5,8-10,15,17H2,1H3,(H,27,29). The monoisotopic (exact) mass is 418 g/mol. The second-order valence-corrected chi connectivity index (χ2v) is 9.05. The van der Waals surface area contributed by atoms with Crippen molar-refractivity contribution >= 4 is 17.7 Å². The number of carbonyl (C=O) groups is 1. The van der Waals surface area contributed by atoms with Crippen LogP contribution in [0.5, 0.6) is 0 Å². The van der Waals surface area contributed by atoms with Crippen molar-refractivity contribution in [2.45, 2.75) is 43.4 Å². The number of carbonyl (C=O) groups excluding carboxylic acids is 1. The fourth-order valence-electron chi connectivity index (χ4n) is 5.05. The fourth-order valence-corrected chi connectivity index (χ4v) is 5.05. The zero-order chi connectivity index (χ0) is 21.4. The molecular weight excluding hydrogens is 388 g/mol. The highest BCUT2D eigenvalue weighted by atomic mass is 16.5. The van der Waals surface area contributed by atoms with Crippen molar-refractivity contribution in [3.63, 3.8) is 0 Å². The van der Waals surface area contributed by atoms with Crippen LogP contribution in [-0.4, -0.2) is 48.3 Å². The minimum atomic E-state index is -1.55. The van der Waals surface area contributed by atoms with Crippen LogP contribution in [0, 0.1) is 5.92 Å². The van der Waals surface area contributed by atoms with Gasteiger partial charge in [0, 0.05) is 30.9 Å². The molecule has 0 bridgehead atoms. The van der Waals surface area contributed by atoms with E-state index >= 15 is 0 Å². The van der Waals surface area contributed by atoms with E-state index in [-0.39, 0.29) is 5.91 Å². The molecule has 3 atom stereocenters. The molecule has 2 N–H and O–H groups in total. The molecule has 0 aromatic heterocycles. The summed E-state index contributed by atoms with van der Waals surface area (Å²) in [6.07, 6.45) is 8.63. The maximum Gasteiger partial charge on any atom is 0.257 e. The minimum Gasteiger partial charge on any atom is -0.377 e. The van der Waals surface area contributed by atoms with Gasteiger partial charge in [-0.25, -0.2) is 0 Å². The van der Waals surface area contributed by atoms with Gasteiger partial charge < -0.3 is 15.2 Å². The van der Waals surface area contributed by atoms with E-state index in [0.29, 0.717) is 22.9 Å². The molecule has 5 nitrogen and oxygen atoms in total. The summed E-state index contributed by atoms with van der Waals surface area (Å²) in [6, 6.07) is 15.6. The van der Waals surface area contributed by atoms with E-state index in [9.17, 15) is 9.90 Å². The number of fused-ring (bicyclic) bond motifs is 1. The first-order chi connectivity index (χ1) is 15.1. The van der Waals surface area contributed by atoms with E-state index in [4.69, 9.17) is 4.74 Å². The van der Waals surface area contributed by atoms with Crippen molar-refractivity contribution in [1.29, 1.82) is 0 Å². The second kappa shape index (κ2) is 8.23. The van der Waals surface area contributed by atoms with E-state index in [2.05, 4.69) is 22.4 Å². The molecule has 0 radical (unpaired) electrons. The maximum atomic E-state index is 12.7. The lowest BCUT2D eigenvalue weighted by atomic mass is 9.77. The van der Waals surface area contributed by atoms with Gasteiger partial charge in [0.1, 0.15) is 0 Å². The molecule has 0 spiro atoms. The van der Waals surface area contributed by atoms with Gasteiger partial charge >= 0.3 is 0 Å². The van der Waals surface area contributed by atoms with Crippen molar-refractivity contribution in [2.24, 2.45) is 5.92 Å². The zero-order valence-corrected chi connectivity index (χ0v) is 18.0. The third kappa shape index (κ3) is 3.82. The van der Waals surface area contributed by atoms with Crippen LogP contribution in [0.25, 0.3) is 6.08 Å². The lowest BCUT2D eigenvalue weighted by Gasteiger charge is -2.40. The molecule has 2 aromatic carbocycles. The number of likely N-dealkylation sites (tertiary alicyclic amines) is 1. The summed E-state index contributed by atoms with van der Waals surface area (Å²) in [5.41, 5.74) is 1.39. The lowest BCUT2D eigenvalue weighted by Crippen LogP contribution is -2.52. The summed E-state index contributed by atoms with van der Waals surface area (Å²) < 4.78 is 5.48. The molecule has 3 aliphatic rings. The van der Waals surface area contributed by atoms with Gasteiger partial charge in [0.25, 0.3) is 5.91 Å². The van der Waals surface area contributed by atoms with Gasteiger partial charge in [-0.05, 0) is 61.4 Å². The summed E-state index contributed by atoms with van der Waals surface area (Å²) in [5.74, 6) is 0.555. The Hall–Kier alpha value is -2.47. The molecule has 1 amide bonds. The van der Waals surface area contributed by atoms with Gasteiger partial charge in [0.05, 0.1) is 0 Å². The number of rotatable bonds is 6. The Morgan fingerprint density at radius 3 is 2.74 bits per heavy atom. The number of aliphatic hydroxyl groups is 1. The molecule has 2 aromatic rings. The third-order valence-corrected chi connectivity index (χ3v) is 6.89. The van der Waals surface area contributed by atoms with Gasteiger partial charge in [-0.3, -0.25) is 9.69 Å². The highest BCUT2D eigenvalue weighted by Crippen LogP contribution is 2.42. The molecule has 1 saturated heterocycles. The zero-order valence-electron chi connectivity index (χ0n) is 18.0. The Balaban J connectivity index is 1.48. The first-order valence-electron chi connectivity index (χ1n) is 11.3. The summed E-state index contributed by atoms with van der Waals surface area (Å²) >= 11 is 0. The minimum absolute atomic E-state index is 0.341. The average Bonchev–Trinajstić information content (AvgIpc) is 3.50. The Morgan fingerprint density at radius 1 is 1.19 bits per heavy atom. The number of methoxy groups -OCH3 is 1. The van der Waals surface area contributed by atoms with E-state index in [1.807, 2.05) is 48.5 Å². The van der Waals surface area contributed by atoms with E-state index in [1.165, 1.54) is 45.9 Å². The number of nitrogens with zero attached hydrogens (tertiary/aromatic N) is 1. The Labute approximate surface area is 183 Å². The summed E-state index contributed by atoms with van der Waals surface area (Å²) in [4.78, 5) is 15.3. The molecule has 162 valence electrons.